The molecule has 1 saturated heterocycles. The molecule has 0 bridgehead atoms. The number of nitrogens with zero attached hydrogens (tertiary/aromatic N) is 1. The molecule has 1 aromatic rings. The first-order chi connectivity index (χ1) is 10.9. The Labute approximate surface area is 135 Å². The highest BCUT2D eigenvalue weighted by Crippen LogP contribution is 2.19. The summed E-state index contributed by atoms with van der Waals surface area (Å²) in [6, 6.07) is 4.42. The highest BCUT2D eigenvalue weighted by molar-refractivity contribution is 5.78. The molecule has 126 valence electrons. The molecule has 6 heteroatoms. The average Bonchev–Trinajstić information content (AvgIpc) is 2.55. The number of amides is 1. The Bertz CT molecular complexity index is 583. The normalized spacial score (nSPS) is 17.7. The first-order valence-corrected chi connectivity index (χ1v) is 7.88. The van der Waals surface area contributed by atoms with Crippen molar-refractivity contribution in [2.45, 2.75) is 39.3 Å². The van der Waals surface area contributed by atoms with Gasteiger partial charge in [0.05, 0.1) is 0 Å². The zero-order valence-electron chi connectivity index (χ0n) is 13.5. The number of aryl methyl sites for hydroxylation is 1. The van der Waals surface area contributed by atoms with E-state index in [1.165, 1.54) is 6.07 Å². The van der Waals surface area contributed by atoms with E-state index in [2.05, 4.69) is 5.32 Å². The van der Waals surface area contributed by atoms with Crippen LogP contribution in [0.1, 0.15) is 30.9 Å². The van der Waals surface area contributed by atoms with Crippen LogP contribution in [0.25, 0.3) is 0 Å². The monoisotopic (exact) mass is 322 g/mol. The van der Waals surface area contributed by atoms with E-state index in [1.54, 1.807) is 26.0 Å². The number of rotatable bonds is 5. The smallest absolute Gasteiger partial charge is 0.320 e. The Morgan fingerprint density at radius 2 is 2.04 bits per heavy atom. The number of hydrogen-bond acceptors (Lipinski definition) is 3. The largest absolute Gasteiger partial charge is 0.480 e. The molecular formula is C17H23FN2O3. The summed E-state index contributed by atoms with van der Waals surface area (Å²) in [4.78, 5) is 25.0. The first-order valence-electron chi connectivity index (χ1n) is 7.88. The maximum Gasteiger partial charge on any atom is 0.320 e. The summed E-state index contributed by atoms with van der Waals surface area (Å²) in [5.41, 5.74) is 1.32. The number of halogens is 1. The molecule has 1 aromatic carbocycles. The number of carboxylic acids is 1. The molecule has 1 heterocycles. The second kappa shape index (κ2) is 7.55. The number of carbonyl (C=O) groups excluding carboxylic acids is 1. The number of aliphatic carboxylic acids is 1. The zero-order chi connectivity index (χ0) is 17.0. The van der Waals surface area contributed by atoms with Gasteiger partial charge in [-0.2, -0.15) is 0 Å². The Morgan fingerprint density at radius 3 is 2.61 bits per heavy atom. The van der Waals surface area contributed by atoms with Crippen molar-refractivity contribution in [3.8, 4) is 0 Å². The van der Waals surface area contributed by atoms with E-state index in [9.17, 15) is 14.0 Å². The Morgan fingerprint density at radius 1 is 1.39 bits per heavy atom. The van der Waals surface area contributed by atoms with Crippen LogP contribution < -0.4 is 5.32 Å². The van der Waals surface area contributed by atoms with Gasteiger partial charge in [-0.25, -0.2) is 4.39 Å². The van der Waals surface area contributed by atoms with Gasteiger partial charge in [0.1, 0.15) is 11.9 Å². The summed E-state index contributed by atoms with van der Waals surface area (Å²) >= 11 is 0. The third kappa shape index (κ3) is 4.51. The molecule has 0 aliphatic carbocycles. The molecule has 1 aliphatic heterocycles. The highest BCUT2D eigenvalue weighted by Gasteiger charge is 2.29. The van der Waals surface area contributed by atoms with Crippen LogP contribution in [0.15, 0.2) is 18.2 Å². The molecule has 0 spiro atoms. The summed E-state index contributed by atoms with van der Waals surface area (Å²) in [5, 5.41) is 11.9. The second-order valence-electron chi connectivity index (χ2n) is 6.13. The van der Waals surface area contributed by atoms with Crippen molar-refractivity contribution in [1.29, 1.82) is 0 Å². The number of benzene rings is 1. The van der Waals surface area contributed by atoms with Crippen molar-refractivity contribution in [2.75, 3.05) is 13.1 Å². The van der Waals surface area contributed by atoms with Crippen LogP contribution in [0.2, 0.25) is 0 Å². The molecule has 0 saturated carbocycles. The number of hydrogen-bond donors (Lipinski definition) is 2. The van der Waals surface area contributed by atoms with Crippen molar-refractivity contribution in [3.05, 3.63) is 35.1 Å². The quantitative estimate of drug-likeness (QED) is 0.869. The molecule has 2 N–H and O–H groups in total. The van der Waals surface area contributed by atoms with E-state index < -0.39 is 12.0 Å². The van der Waals surface area contributed by atoms with Crippen LogP contribution in [0.4, 0.5) is 4.39 Å². The molecule has 0 unspecified atom stereocenters. The molecular weight excluding hydrogens is 299 g/mol. The number of nitrogens with one attached hydrogen (secondary N) is 1. The lowest BCUT2D eigenvalue weighted by Crippen LogP contribution is -2.46. The van der Waals surface area contributed by atoms with E-state index in [0.717, 1.165) is 5.56 Å². The standard InChI is InChI=1S/C17H23FN2O3/c1-11-3-4-13(9-15(11)18)10-19-16(21)14-5-7-20(8-6-14)12(2)17(22)23/h3-4,9,12,14H,5-8,10H2,1-2H3,(H,19,21)(H,22,23)/t12-/m1/s1. The molecule has 1 amide bonds. The molecule has 5 nitrogen and oxygen atoms in total. The van der Waals surface area contributed by atoms with Crippen LogP contribution >= 0.6 is 0 Å². The molecule has 0 radical (unpaired) electrons. The van der Waals surface area contributed by atoms with Crippen molar-refractivity contribution in [3.63, 3.8) is 0 Å². The van der Waals surface area contributed by atoms with Gasteiger partial charge in [-0.3, -0.25) is 14.5 Å². The average molecular weight is 322 g/mol. The van der Waals surface area contributed by atoms with Gasteiger partial charge in [-0.15, -0.1) is 0 Å². The third-order valence-corrected chi connectivity index (χ3v) is 4.51. The molecule has 23 heavy (non-hydrogen) atoms. The fraction of sp³-hybridized carbons (Fsp3) is 0.529. The van der Waals surface area contributed by atoms with Crippen LogP contribution in [0, 0.1) is 18.7 Å². The fourth-order valence-corrected chi connectivity index (χ4v) is 2.78. The van der Waals surface area contributed by atoms with Crippen molar-refractivity contribution < 1.29 is 19.1 Å². The minimum atomic E-state index is -0.839. The maximum absolute atomic E-state index is 13.5. The predicted octanol–water partition coefficient (Wildman–Crippen LogP) is 1.94. The van der Waals surface area contributed by atoms with Crippen LogP contribution in [-0.4, -0.2) is 41.0 Å². The van der Waals surface area contributed by atoms with Crippen molar-refractivity contribution in [1.82, 2.24) is 10.2 Å². The summed E-state index contributed by atoms with van der Waals surface area (Å²) in [5.74, 6) is -1.27. The Hall–Kier alpha value is -1.95. The van der Waals surface area contributed by atoms with Crippen LogP contribution in [0.5, 0.6) is 0 Å². The van der Waals surface area contributed by atoms with Gasteiger partial charge in [-0.05, 0) is 57.0 Å². The van der Waals surface area contributed by atoms with Gasteiger partial charge in [0.15, 0.2) is 0 Å². The zero-order valence-corrected chi connectivity index (χ0v) is 13.5. The predicted molar refractivity (Wildman–Crippen MR) is 84.4 cm³/mol. The fourth-order valence-electron chi connectivity index (χ4n) is 2.78. The number of likely N-dealkylation sites (tertiary alicyclic amines) is 1. The van der Waals surface area contributed by atoms with Gasteiger partial charge in [0.2, 0.25) is 5.91 Å². The van der Waals surface area contributed by atoms with Crippen LogP contribution in [0.3, 0.4) is 0 Å². The Balaban J connectivity index is 1.81. The first kappa shape index (κ1) is 17.4. The lowest BCUT2D eigenvalue weighted by atomic mass is 9.95. The molecule has 1 atom stereocenters. The number of piperidine rings is 1. The van der Waals surface area contributed by atoms with Crippen molar-refractivity contribution >= 4 is 11.9 Å². The summed E-state index contributed by atoms with van der Waals surface area (Å²) in [7, 11) is 0. The lowest BCUT2D eigenvalue weighted by Gasteiger charge is -2.33. The molecule has 1 aliphatic rings. The van der Waals surface area contributed by atoms with Crippen LogP contribution in [-0.2, 0) is 16.1 Å². The SMILES string of the molecule is Cc1ccc(CNC(=O)C2CCN([C@H](C)C(=O)O)CC2)cc1F. The Kier molecular flexibility index (Phi) is 5.71. The van der Waals surface area contributed by atoms with E-state index in [-0.39, 0.29) is 17.6 Å². The lowest BCUT2D eigenvalue weighted by molar-refractivity contribution is -0.143. The van der Waals surface area contributed by atoms with E-state index in [4.69, 9.17) is 5.11 Å². The van der Waals surface area contributed by atoms with Crippen molar-refractivity contribution in [2.24, 2.45) is 5.92 Å². The third-order valence-electron chi connectivity index (χ3n) is 4.51. The van der Waals surface area contributed by atoms with Gasteiger partial charge < -0.3 is 10.4 Å². The molecule has 2 rings (SSSR count). The van der Waals surface area contributed by atoms with Gasteiger partial charge in [0, 0.05) is 12.5 Å². The maximum atomic E-state index is 13.5. The molecule has 0 aromatic heterocycles. The highest BCUT2D eigenvalue weighted by atomic mass is 19.1. The van der Waals surface area contributed by atoms with E-state index in [1.807, 2.05) is 4.90 Å². The van der Waals surface area contributed by atoms with Gasteiger partial charge >= 0.3 is 5.97 Å². The van der Waals surface area contributed by atoms with E-state index in [0.29, 0.717) is 38.0 Å². The summed E-state index contributed by atoms with van der Waals surface area (Å²) in [6.45, 7) is 4.87. The number of carbonyl (C=O) groups is 2. The minimum absolute atomic E-state index is 0.0476. The van der Waals surface area contributed by atoms with E-state index >= 15 is 0 Å². The second-order valence-corrected chi connectivity index (χ2v) is 6.13. The number of carboxylic acid groups (broad SMARTS) is 1. The topological polar surface area (TPSA) is 69.6 Å². The molecule has 1 fully saturated rings. The van der Waals surface area contributed by atoms with Gasteiger partial charge in [-0.1, -0.05) is 12.1 Å². The summed E-state index contributed by atoms with van der Waals surface area (Å²) in [6.07, 6.45) is 1.29. The van der Waals surface area contributed by atoms with Gasteiger partial charge in [0.25, 0.3) is 0 Å². The minimum Gasteiger partial charge on any atom is -0.480 e. The summed E-state index contributed by atoms with van der Waals surface area (Å²) < 4.78 is 13.5.